The number of hydrogen-bond donors (Lipinski definition) is 0. The highest BCUT2D eigenvalue weighted by Gasteiger charge is 2.06. The molecule has 0 aromatic carbocycles. The molecule has 0 aliphatic heterocycles. The van der Waals surface area contributed by atoms with Gasteiger partial charge in [-0.3, -0.25) is 9.59 Å². The Hall–Kier alpha value is -1.06. The molecule has 0 aromatic rings. The summed E-state index contributed by atoms with van der Waals surface area (Å²) in [6.45, 7) is 1.53. The number of carbonyl (C=O) groups excluding carboxylic acids is 2. The molecule has 0 rings (SSSR count). The van der Waals surface area contributed by atoms with Crippen molar-refractivity contribution in [3.05, 3.63) is 0 Å². The van der Waals surface area contributed by atoms with E-state index in [1.54, 1.807) is 21.0 Å². The van der Waals surface area contributed by atoms with Crippen LogP contribution in [-0.2, 0) is 14.3 Å². The third-order valence-electron chi connectivity index (χ3n) is 1.14. The van der Waals surface area contributed by atoms with Crippen LogP contribution in [0.25, 0.3) is 0 Å². The molecule has 4 heteroatoms. The maximum atomic E-state index is 10.8. The lowest BCUT2D eigenvalue weighted by molar-refractivity contribution is -0.150. The highest BCUT2D eigenvalue weighted by molar-refractivity contribution is 5.80. The topological polar surface area (TPSA) is 46.6 Å². The van der Waals surface area contributed by atoms with Gasteiger partial charge < -0.3 is 9.64 Å². The molecule has 64 valence electrons. The molecular weight excluding hydrogens is 146 g/mol. The van der Waals surface area contributed by atoms with Gasteiger partial charge in [-0.2, -0.15) is 0 Å². The molecule has 0 fully saturated rings. The zero-order valence-corrected chi connectivity index (χ0v) is 7.09. The van der Waals surface area contributed by atoms with Crippen LogP contribution in [0.4, 0.5) is 0 Å². The van der Waals surface area contributed by atoms with Crippen LogP contribution in [0.2, 0.25) is 0 Å². The third kappa shape index (κ3) is 4.36. The predicted octanol–water partition coefficient (Wildman–Crippen LogP) is 0.0278. The largest absolute Gasteiger partial charge is 0.456 e. The Labute approximate surface area is 66.1 Å². The van der Waals surface area contributed by atoms with Crippen molar-refractivity contribution in [3.8, 4) is 0 Å². The van der Waals surface area contributed by atoms with E-state index in [1.807, 2.05) is 0 Å². The molecule has 0 aromatic heterocycles. The molecule has 0 saturated carbocycles. The molecule has 4 nitrogen and oxygen atoms in total. The van der Waals surface area contributed by atoms with Gasteiger partial charge in [0, 0.05) is 20.5 Å². The van der Waals surface area contributed by atoms with E-state index >= 15 is 0 Å². The fourth-order valence-corrected chi connectivity index (χ4v) is 0.373. The summed E-state index contributed by atoms with van der Waals surface area (Å²) in [6.07, 6.45) is 0.306. The van der Waals surface area contributed by atoms with Crippen LogP contribution in [0.1, 0.15) is 13.3 Å². The second kappa shape index (κ2) is 4.71. The Balaban J connectivity index is 3.54. The molecule has 0 radical (unpaired) electrons. The lowest BCUT2D eigenvalue weighted by Crippen LogP contribution is -2.27. The Morgan fingerprint density at radius 1 is 1.36 bits per heavy atom. The van der Waals surface area contributed by atoms with Crippen LogP contribution in [0.15, 0.2) is 0 Å². The van der Waals surface area contributed by atoms with Gasteiger partial charge >= 0.3 is 5.97 Å². The quantitative estimate of drug-likeness (QED) is 0.546. The Kier molecular flexibility index (Phi) is 4.26. The van der Waals surface area contributed by atoms with Gasteiger partial charge in [0.15, 0.2) is 6.61 Å². The predicted molar refractivity (Wildman–Crippen MR) is 39.9 cm³/mol. The van der Waals surface area contributed by atoms with Crippen molar-refractivity contribution >= 4 is 11.9 Å². The van der Waals surface area contributed by atoms with Gasteiger partial charge in [-0.15, -0.1) is 0 Å². The number of nitrogens with zero attached hydrogens (tertiary/aromatic N) is 1. The molecule has 0 unspecified atom stereocenters. The summed E-state index contributed by atoms with van der Waals surface area (Å²) in [5, 5.41) is 0. The maximum Gasteiger partial charge on any atom is 0.306 e. The minimum Gasteiger partial charge on any atom is -0.456 e. The number of likely N-dealkylation sites (N-methyl/N-ethyl adjacent to an activating group) is 1. The molecule has 1 amide bonds. The molecular formula is C7H13NO3. The average molecular weight is 159 g/mol. The molecule has 0 aliphatic rings. The molecule has 0 N–H and O–H groups in total. The fourth-order valence-electron chi connectivity index (χ4n) is 0.373. The molecule has 0 heterocycles. The van der Waals surface area contributed by atoms with Gasteiger partial charge in [-0.05, 0) is 0 Å². The first-order valence-electron chi connectivity index (χ1n) is 3.43. The minimum absolute atomic E-state index is 0.153. The van der Waals surface area contributed by atoms with E-state index in [1.165, 1.54) is 4.90 Å². The van der Waals surface area contributed by atoms with Crippen molar-refractivity contribution in [3.63, 3.8) is 0 Å². The lowest BCUT2D eigenvalue weighted by atomic mass is 10.5. The summed E-state index contributed by atoms with van der Waals surface area (Å²) in [5.41, 5.74) is 0. The van der Waals surface area contributed by atoms with Gasteiger partial charge in [0.05, 0.1) is 0 Å². The lowest BCUT2D eigenvalue weighted by Gasteiger charge is -2.09. The summed E-state index contributed by atoms with van der Waals surface area (Å²) < 4.78 is 4.58. The monoisotopic (exact) mass is 159 g/mol. The Morgan fingerprint density at radius 2 is 1.91 bits per heavy atom. The van der Waals surface area contributed by atoms with Crippen LogP contribution >= 0.6 is 0 Å². The Morgan fingerprint density at radius 3 is 2.27 bits per heavy atom. The number of esters is 1. The van der Waals surface area contributed by atoms with E-state index in [0.717, 1.165) is 0 Å². The zero-order chi connectivity index (χ0) is 8.85. The number of carbonyl (C=O) groups is 2. The minimum atomic E-state index is -0.347. The fraction of sp³-hybridized carbons (Fsp3) is 0.714. The van der Waals surface area contributed by atoms with E-state index in [9.17, 15) is 9.59 Å². The number of amides is 1. The van der Waals surface area contributed by atoms with Crippen molar-refractivity contribution in [1.82, 2.24) is 4.90 Å². The van der Waals surface area contributed by atoms with Crippen LogP contribution < -0.4 is 0 Å². The van der Waals surface area contributed by atoms with E-state index < -0.39 is 0 Å². The highest BCUT2D eigenvalue weighted by atomic mass is 16.5. The van der Waals surface area contributed by atoms with E-state index in [2.05, 4.69) is 4.74 Å². The number of rotatable bonds is 3. The number of ether oxygens (including phenoxy) is 1. The van der Waals surface area contributed by atoms with Crippen molar-refractivity contribution < 1.29 is 14.3 Å². The zero-order valence-electron chi connectivity index (χ0n) is 7.09. The SMILES string of the molecule is CCC(=O)OCC(=O)N(C)C. The molecule has 0 aliphatic carbocycles. The first-order valence-corrected chi connectivity index (χ1v) is 3.43. The van der Waals surface area contributed by atoms with Gasteiger partial charge in [-0.25, -0.2) is 0 Å². The van der Waals surface area contributed by atoms with Crippen LogP contribution in [0.5, 0.6) is 0 Å². The van der Waals surface area contributed by atoms with Crippen LogP contribution in [-0.4, -0.2) is 37.5 Å². The van der Waals surface area contributed by atoms with Crippen molar-refractivity contribution in [2.24, 2.45) is 0 Å². The van der Waals surface area contributed by atoms with E-state index in [4.69, 9.17) is 0 Å². The summed E-state index contributed by atoms with van der Waals surface area (Å²) in [7, 11) is 3.23. The average Bonchev–Trinajstić information content (AvgIpc) is 1.99. The maximum absolute atomic E-state index is 10.8. The summed E-state index contributed by atoms with van der Waals surface area (Å²) in [6, 6.07) is 0. The van der Waals surface area contributed by atoms with Crippen molar-refractivity contribution in [1.29, 1.82) is 0 Å². The molecule has 0 atom stereocenters. The normalized spacial score (nSPS) is 9.00. The summed E-state index contributed by atoms with van der Waals surface area (Å²) >= 11 is 0. The molecule has 0 saturated heterocycles. The summed E-state index contributed by atoms with van der Waals surface area (Å²) in [4.78, 5) is 22.7. The summed E-state index contributed by atoms with van der Waals surface area (Å²) in [5.74, 6) is -0.549. The first-order chi connectivity index (χ1) is 5.07. The third-order valence-corrected chi connectivity index (χ3v) is 1.14. The smallest absolute Gasteiger partial charge is 0.306 e. The van der Waals surface area contributed by atoms with Crippen LogP contribution in [0.3, 0.4) is 0 Å². The van der Waals surface area contributed by atoms with Crippen molar-refractivity contribution in [2.45, 2.75) is 13.3 Å². The van der Waals surface area contributed by atoms with E-state index in [-0.39, 0.29) is 18.5 Å². The first kappa shape index (κ1) is 9.94. The van der Waals surface area contributed by atoms with Crippen molar-refractivity contribution in [2.75, 3.05) is 20.7 Å². The second-order valence-electron chi connectivity index (χ2n) is 2.30. The van der Waals surface area contributed by atoms with Crippen LogP contribution in [0, 0.1) is 0 Å². The number of hydrogen-bond acceptors (Lipinski definition) is 3. The molecule has 11 heavy (non-hydrogen) atoms. The second-order valence-corrected chi connectivity index (χ2v) is 2.30. The molecule has 0 bridgehead atoms. The standard InChI is InChI=1S/C7H13NO3/c1-4-7(10)11-5-6(9)8(2)3/h4-5H2,1-3H3. The van der Waals surface area contributed by atoms with Gasteiger partial charge in [0.25, 0.3) is 5.91 Å². The highest BCUT2D eigenvalue weighted by Crippen LogP contribution is 1.86. The molecule has 0 spiro atoms. The van der Waals surface area contributed by atoms with E-state index in [0.29, 0.717) is 6.42 Å². The van der Waals surface area contributed by atoms with Gasteiger partial charge in [0.2, 0.25) is 0 Å². The van der Waals surface area contributed by atoms with Gasteiger partial charge in [0.1, 0.15) is 0 Å². The van der Waals surface area contributed by atoms with Gasteiger partial charge in [-0.1, -0.05) is 6.92 Å². The Bertz CT molecular complexity index is 154.